The van der Waals surface area contributed by atoms with E-state index in [4.69, 9.17) is 18.9 Å². The minimum absolute atomic E-state index is 0.0185. The Morgan fingerprint density at radius 1 is 1.02 bits per heavy atom. The van der Waals surface area contributed by atoms with E-state index in [1.807, 2.05) is 24.3 Å². The summed E-state index contributed by atoms with van der Waals surface area (Å²) in [5.74, 6) is 5.69. The van der Waals surface area contributed by atoms with Gasteiger partial charge in [0.25, 0.3) is 0 Å². The molecule has 0 saturated carbocycles. The van der Waals surface area contributed by atoms with Crippen molar-refractivity contribution in [3.05, 3.63) is 89.0 Å². The number of rotatable bonds is 7. The Bertz CT molecular complexity index is 1430. The van der Waals surface area contributed by atoms with Gasteiger partial charge in [-0.05, 0) is 53.3 Å². The molecule has 1 unspecified atom stereocenters. The van der Waals surface area contributed by atoms with Gasteiger partial charge in [0.05, 0.1) is 19.2 Å². The molecule has 2 aliphatic rings. The first kappa shape index (κ1) is 27.0. The van der Waals surface area contributed by atoms with Crippen molar-refractivity contribution in [3.63, 3.8) is 0 Å². The smallest absolute Gasteiger partial charge is 0.407 e. The van der Waals surface area contributed by atoms with E-state index in [1.165, 1.54) is 18.2 Å². The fourth-order valence-electron chi connectivity index (χ4n) is 5.05. The van der Waals surface area contributed by atoms with Crippen LogP contribution in [0.1, 0.15) is 52.2 Å². The molecule has 0 aromatic heterocycles. The third-order valence-electron chi connectivity index (χ3n) is 6.98. The standard InChI is InChI=1S/C32H29NO7/c1-37-31(35)28-13-6-14-30(39-28)40-29-18-21(15-16-22(29)19-34)8-7-17-33-32(36)38-20-27-25-11-4-2-9-23(25)24-10-3-5-12-26(24)27/h2-5,9-12,15-16,18-19,27-28,30H,6,13-14,17,20H2,1H3,(H,33,36)/t28-,30?/m0/s1. The van der Waals surface area contributed by atoms with Crippen LogP contribution in [0.4, 0.5) is 4.79 Å². The van der Waals surface area contributed by atoms with Crippen LogP contribution in [0, 0.1) is 11.8 Å². The second-order valence-corrected chi connectivity index (χ2v) is 9.48. The average molecular weight is 540 g/mol. The van der Waals surface area contributed by atoms with Crippen molar-refractivity contribution in [2.24, 2.45) is 0 Å². The summed E-state index contributed by atoms with van der Waals surface area (Å²) in [5.41, 5.74) is 5.56. The van der Waals surface area contributed by atoms with Gasteiger partial charge in [-0.25, -0.2) is 9.59 Å². The van der Waals surface area contributed by atoms with E-state index in [1.54, 1.807) is 18.2 Å². The summed E-state index contributed by atoms with van der Waals surface area (Å²) in [6.07, 6.45) is 0.603. The van der Waals surface area contributed by atoms with Crippen molar-refractivity contribution in [1.82, 2.24) is 5.32 Å². The number of carbonyl (C=O) groups excluding carboxylic acids is 3. The molecule has 1 amide bonds. The largest absolute Gasteiger partial charge is 0.467 e. The molecule has 0 bridgehead atoms. The summed E-state index contributed by atoms with van der Waals surface area (Å²) in [6.45, 7) is 0.302. The highest BCUT2D eigenvalue weighted by molar-refractivity contribution is 5.80. The average Bonchev–Trinajstić information content (AvgIpc) is 3.31. The molecular weight excluding hydrogens is 510 g/mol. The first-order valence-electron chi connectivity index (χ1n) is 13.1. The Balaban J connectivity index is 1.15. The number of ether oxygens (including phenoxy) is 4. The van der Waals surface area contributed by atoms with Gasteiger partial charge in [-0.2, -0.15) is 0 Å². The van der Waals surface area contributed by atoms with Gasteiger partial charge in [0.1, 0.15) is 12.4 Å². The lowest BCUT2D eigenvalue weighted by Gasteiger charge is -2.29. The van der Waals surface area contributed by atoms with Crippen molar-refractivity contribution in [1.29, 1.82) is 0 Å². The number of benzene rings is 3. The number of carbonyl (C=O) groups is 3. The fourth-order valence-corrected chi connectivity index (χ4v) is 5.05. The van der Waals surface area contributed by atoms with Gasteiger partial charge in [-0.1, -0.05) is 60.4 Å². The van der Waals surface area contributed by atoms with Crippen molar-refractivity contribution in [3.8, 4) is 28.7 Å². The van der Waals surface area contributed by atoms with Gasteiger partial charge in [-0.15, -0.1) is 0 Å². The van der Waals surface area contributed by atoms with E-state index in [9.17, 15) is 14.4 Å². The molecule has 1 fully saturated rings. The van der Waals surface area contributed by atoms with E-state index in [2.05, 4.69) is 41.4 Å². The van der Waals surface area contributed by atoms with Gasteiger partial charge in [-0.3, -0.25) is 4.79 Å². The Morgan fingerprint density at radius 2 is 1.75 bits per heavy atom. The molecule has 204 valence electrons. The van der Waals surface area contributed by atoms with E-state index in [0.29, 0.717) is 36.0 Å². The van der Waals surface area contributed by atoms with E-state index < -0.39 is 24.5 Å². The minimum atomic E-state index is -0.699. The predicted molar refractivity (Wildman–Crippen MR) is 147 cm³/mol. The van der Waals surface area contributed by atoms with E-state index >= 15 is 0 Å². The van der Waals surface area contributed by atoms with Gasteiger partial charge in [0.2, 0.25) is 6.29 Å². The van der Waals surface area contributed by atoms with Gasteiger partial charge in [0.15, 0.2) is 12.4 Å². The van der Waals surface area contributed by atoms with E-state index in [0.717, 1.165) is 17.5 Å². The van der Waals surface area contributed by atoms with Gasteiger partial charge < -0.3 is 24.3 Å². The molecular formula is C32H29NO7. The summed E-state index contributed by atoms with van der Waals surface area (Å²) in [5, 5.41) is 2.66. The lowest BCUT2D eigenvalue weighted by Crippen LogP contribution is -2.37. The number of fused-ring (bicyclic) bond motifs is 3. The zero-order valence-electron chi connectivity index (χ0n) is 22.1. The second kappa shape index (κ2) is 12.5. The molecule has 40 heavy (non-hydrogen) atoms. The topological polar surface area (TPSA) is 100 Å². The molecule has 0 radical (unpaired) electrons. The summed E-state index contributed by atoms with van der Waals surface area (Å²) < 4.78 is 21.9. The molecule has 2 atom stereocenters. The number of hydrogen-bond acceptors (Lipinski definition) is 7. The molecule has 1 saturated heterocycles. The van der Waals surface area contributed by atoms with Crippen LogP contribution in [0.3, 0.4) is 0 Å². The summed E-state index contributed by atoms with van der Waals surface area (Å²) in [7, 11) is 1.31. The molecule has 3 aromatic rings. The Kier molecular flexibility index (Phi) is 8.43. The lowest BCUT2D eigenvalue weighted by atomic mass is 9.98. The Hall–Kier alpha value is -4.61. The van der Waals surface area contributed by atoms with Crippen LogP contribution in [0.25, 0.3) is 11.1 Å². The maximum atomic E-state index is 12.4. The Labute approximate surface area is 232 Å². The molecule has 1 aliphatic heterocycles. The monoisotopic (exact) mass is 539 g/mol. The van der Waals surface area contributed by atoms with Crippen LogP contribution in [-0.4, -0.2) is 51.0 Å². The number of hydrogen-bond donors (Lipinski definition) is 1. The first-order valence-corrected chi connectivity index (χ1v) is 13.1. The number of esters is 1. The van der Waals surface area contributed by atoms with Crippen LogP contribution in [0.2, 0.25) is 0 Å². The third-order valence-corrected chi connectivity index (χ3v) is 6.98. The fraction of sp³-hybridized carbons (Fsp3) is 0.281. The zero-order chi connectivity index (χ0) is 27.9. The molecule has 1 heterocycles. The lowest BCUT2D eigenvalue weighted by molar-refractivity contribution is -0.183. The van der Waals surface area contributed by atoms with Gasteiger partial charge >= 0.3 is 12.1 Å². The number of alkyl carbamates (subject to hydrolysis) is 1. The molecule has 5 rings (SSSR count). The third kappa shape index (κ3) is 6.00. The van der Waals surface area contributed by atoms with Crippen LogP contribution in [0.15, 0.2) is 66.7 Å². The van der Waals surface area contributed by atoms with Crippen LogP contribution in [-0.2, 0) is 19.0 Å². The predicted octanol–water partition coefficient (Wildman–Crippen LogP) is 4.84. The maximum Gasteiger partial charge on any atom is 0.407 e. The van der Waals surface area contributed by atoms with Gasteiger partial charge in [0, 0.05) is 17.9 Å². The minimum Gasteiger partial charge on any atom is -0.467 e. The summed E-state index contributed by atoms with van der Waals surface area (Å²) >= 11 is 0. The first-order chi connectivity index (χ1) is 19.6. The van der Waals surface area contributed by atoms with Crippen molar-refractivity contribution >= 4 is 18.3 Å². The highest BCUT2D eigenvalue weighted by atomic mass is 16.7. The number of aldehydes is 1. The summed E-state index contributed by atoms with van der Waals surface area (Å²) in [4.78, 5) is 35.7. The normalized spacial score (nSPS) is 17.4. The van der Waals surface area contributed by atoms with Crippen LogP contribution in [0.5, 0.6) is 5.75 Å². The number of amides is 1. The van der Waals surface area contributed by atoms with Crippen molar-refractivity contribution < 1.29 is 33.3 Å². The second-order valence-electron chi connectivity index (χ2n) is 9.48. The highest BCUT2D eigenvalue weighted by Crippen LogP contribution is 2.44. The molecule has 0 spiro atoms. The molecule has 1 aliphatic carbocycles. The van der Waals surface area contributed by atoms with E-state index in [-0.39, 0.29) is 19.1 Å². The summed E-state index contributed by atoms with van der Waals surface area (Å²) in [6, 6.07) is 21.2. The highest BCUT2D eigenvalue weighted by Gasteiger charge is 2.30. The zero-order valence-corrected chi connectivity index (χ0v) is 22.1. The maximum absolute atomic E-state index is 12.4. The number of nitrogens with one attached hydrogen (secondary N) is 1. The quantitative estimate of drug-likeness (QED) is 0.261. The molecule has 8 heteroatoms. The van der Waals surface area contributed by atoms with Crippen molar-refractivity contribution in [2.75, 3.05) is 20.3 Å². The SMILES string of the molecule is COC(=O)[C@@H]1CCCC(Oc2cc(C#CCNC(=O)OCC3c4ccccc4-c4ccccc43)ccc2C=O)O1. The molecule has 8 nitrogen and oxygen atoms in total. The van der Waals surface area contributed by atoms with Crippen LogP contribution >= 0.6 is 0 Å². The Morgan fingerprint density at radius 3 is 2.45 bits per heavy atom. The van der Waals surface area contributed by atoms with Crippen LogP contribution < -0.4 is 10.1 Å². The molecule has 1 N–H and O–H groups in total. The number of methoxy groups -OCH3 is 1. The van der Waals surface area contributed by atoms with Crippen molar-refractivity contribution in [2.45, 2.75) is 37.6 Å². The molecule has 3 aromatic carbocycles.